The van der Waals surface area contributed by atoms with Gasteiger partial charge in [0.25, 0.3) is 21.6 Å². The van der Waals surface area contributed by atoms with Crippen LogP contribution in [0.25, 0.3) is 22.0 Å². The number of H-pyrrole nitrogens is 1. The number of aromatic amines is 1. The Morgan fingerprint density at radius 3 is 2.56 bits per heavy atom. The molecule has 19 heteroatoms. The molecule has 4 N–H and O–H groups in total. The molecule has 404 valence electrons. The van der Waals surface area contributed by atoms with E-state index in [-0.39, 0.29) is 45.5 Å². The highest BCUT2D eigenvalue weighted by Crippen LogP contribution is 2.54. The summed E-state index contributed by atoms with van der Waals surface area (Å²) in [7, 11) is -2.97. The van der Waals surface area contributed by atoms with Gasteiger partial charge in [-0.3, -0.25) is 24.7 Å². The van der Waals surface area contributed by atoms with Gasteiger partial charge in [-0.15, -0.1) is 0 Å². The van der Waals surface area contributed by atoms with Gasteiger partial charge < -0.3 is 34.2 Å². The van der Waals surface area contributed by atoms with E-state index >= 15 is 0 Å². The van der Waals surface area contributed by atoms with Gasteiger partial charge in [-0.2, -0.15) is 0 Å². The Morgan fingerprint density at radius 1 is 1.03 bits per heavy atom. The number of fused-ring (bicyclic) bond motifs is 2. The Labute approximate surface area is 446 Å². The van der Waals surface area contributed by atoms with Gasteiger partial charge in [-0.1, -0.05) is 38.1 Å². The van der Waals surface area contributed by atoms with Gasteiger partial charge in [0.05, 0.1) is 39.7 Å². The third kappa shape index (κ3) is 10.6. The molecule has 17 nitrogen and oxygen atoms in total. The first kappa shape index (κ1) is 52.0. The molecule has 11 rings (SSSR count). The lowest BCUT2D eigenvalue weighted by Crippen LogP contribution is -2.68. The first-order valence-electron chi connectivity index (χ1n) is 26.5. The van der Waals surface area contributed by atoms with Crippen molar-refractivity contribution in [1.82, 2.24) is 24.5 Å². The second-order valence-corrected chi connectivity index (χ2v) is 24.1. The van der Waals surface area contributed by atoms with Crippen molar-refractivity contribution in [3.63, 3.8) is 0 Å². The standard InChI is InChI=1S/C58H65FN8O9S/c1-35(2)44-8-6-7-9-45(44)51-32-64(31-38-21-39-20-36(3)75-54(39)53(22-38)74-5)18-19-66(51)41-26-58(27-41)33-65(34-58)40-10-12-46(52(23-40)76-42-24-47-48(59)30-62-55(47)61-29-42)56(68)63-77(72,73)43-11-13-49(50(25-43)67(70)71)60-28-37-14-16-57(4,69)17-15-37/h6-13,20-25,29-30,35,37,41,51,60,69H,14-19,26-28,31-34H2,1-5H3,(H,61,62)(H,63,68)/t37-,51-,57-/m0/s1. The lowest BCUT2D eigenvalue weighted by Gasteiger charge is -2.63. The SMILES string of the molecule is COc1cc(CN2CCN(C3CC4(C3)CN(c3ccc(C(=O)NS(=O)(=O)c5ccc(NC[C@H]6CC[C@](C)(O)CC6)c([N+](=O)[O-])c5)c(Oc5cnc6[nH]cc(F)c6c5)c3)C4)[C@H](c3ccccc3C(C)C)C2)cc2cc(C)oc12. The molecule has 0 radical (unpaired) electrons. The van der Waals surface area contributed by atoms with Crippen LogP contribution in [0.5, 0.6) is 17.2 Å². The average molecular weight is 1070 g/mol. The number of methoxy groups -OCH3 is 1. The minimum absolute atomic E-state index is 0.0114. The van der Waals surface area contributed by atoms with Crippen molar-refractivity contribution in [3.05, 3.63) is 141 Å². The van der Waals surface area contributed by atoms with Crippen molar-refractivity contribution < 1.29 is 41.5 Å². The van der Waals surface area contributed by atoms with E-state index < -0.39 is 42.9 Å². The summed E-state index contributed by atoms with van der Waals surface area (Å²) in [4.78, 5) is 39.8. The van der Waals surface area contributed by atoms with Crippen molar-refractivity contribution >= 4 is 55.0 Å². The molecule has 2 saturated heterocycles. The lowest BCUT2D eigenvalue weighted by molar-refractivity contribution is -0.384. The Balaban J connectivity index is 0.798. The van der Waals surface area contributed by atoms with E-state index in [2.05, 4.69) is 91.0 Å². The van der Waals surface area contributed by atoms with E-state index in [1.54, 1.807) is 26.2 Å². The van der Waals surface area contributed by atoms with Crippen LogP contribution in [-0.2, 0) is 16.6 Å². The fourth-order valence-corrected chi connectivity index (χ4v) is 13.3. The number of halogens is 1. The summed E-state index contributed by atoms with van der Waals surface area (Å²) in [6.45, 7) is 13.7. The topological polar surface area (TPSA) is 209 Å². The van der Waals surface area contributed by atoms with Gasteiger partial charge in [0.15, 0.2) is 11.3 Å². The number of carbonyl (C=O) groups is 1. The zero-order valence-corrected chi connectivity index (χ0v) is 44.8. The molecule has 77 heavy (non-hydrogen) atoms. The van der Waals surface area contributed by atoms with Gasteiger partial charge >= 0.3 is 0 Å². The minimum Gasteiger partial charge on any atom is -0.493 e. The number of hydrogen-bond acceptors (Lipinski definition) is 14. The Kier molecular flexibility index (Phi) is 13.8. The number of carbonyl (C=O) groups excluding carboxylic acids is 1. The molecule has 2 aliphatic carbocycles. The number of furan rings is 1. The number of aromatic nitrogens is 2. The maximum Gasteiger partial charge on any atom is 0.293 e. The molecule has 1 atom stereocenters. The van der Waals surface area contributed by atoms with E-state index in [1.807, 2.05) is 6.92 Å². The van der Waals surface area contributed by atoms with Gasteiger partial charge in [0.1, 0.15) is 34.4 Å². The highest BCUT2D eigenvalue weighted by molar-refractivity contribution is 7.90. The smallest absolute Gasteiger partial charge is 0.293 e. The average Bonchev–Trinajstić information content (AvgIpc) is 3.98. The third-order valence-electron chi connectivity index (χ3n) is 16.5. The zero-order valence-electron chi connectivity index (χ0n) is 44.0. The quantitative estimate of drug-likeness (QED) is 0.0525. The normalized spacial score (nSPS) is 21.1. The predicted molar refractivity (Wildman–Crippen MR) is 292 cm³/mol. The van der Waals surface area contributed by atoms with Gasteiger partial charge in [0, 0.05) is 92.7 Å². The number of anilines is 2. The number of aliphatic hydroxyl groups is 1. The van der Waals surface area contributed by atoms with Crippen molar-refractivity contribution in [2.45, 2.75) is 101 Å². The molecule has 5 heterocycles. The molecule has 4 aliphatic rings. The van der Waals surface area contributed by atoms with Crippen LogP contribution in [0.15, 0.2) is 107 Å². The molecule has 0 unspecified atom stereocenters. The maximum atomic E-state index is 14.7. The van der Waals surface area contributed by atoms with E-state index in [0.717, 1.165) is 99.2 Å². The van der Waals surface area contributed by atoms with Crippen LogP contribution in [0.1, 0.15) is 104 Å². The molecular formula is C58H65FN8O9S. The largest absolute Gasteiger partial charge is 0.493 e. The fraction of sp³-hybridized carbons (Fsp3) is 0.414. The maximum absolute atomic E-state index is 14.7. The lowest BCUT2D eigenvalue weighted by atomic mass is 9.59. The third-order valence-corrected chi connectivity index (χ3v) is 17.8. The molecule has 4 aromatic carbocycles. The predicted octanol–water partition coefficient (Wildman–Crippen LogP) is 10.6. The van der Waals surface area contributed by atoms with Crippen molar-refractivity contribution in [1.29, 1.82) is 0 Å². The second-order valence-electron chi connectivity index (χ2n) is 22.4. The molecule has 4 fully saturated rings. The number of sulfonamides is 1. The van der Waals surface area contributed by atoms with E-state index in [0.29, 0.717) is 37.0 Å². The van der Waals surface area contributed by atoms with Crippen molar-refractivity contribution in [2.75, 3.05) is 56.6 Å². The van der Waals surface area contributed by atoms with Crippen LogP contribution in [0, 0.1) is 34.2 Å². The van der Waals surface area contributed by atoms with E-state index in [9.17, 15) is 32.8 Å². The Bertz CT molecular complexity index is 3500. The number of rotatable bonds is 16. The number of aryl methyl sites for hydroxylation is 1. The summed E-state index contributed by atoms with van der Waals surface area (Å²) in [6.07, 6.45) is 7.32. The van der Waals surface area contributed by atoms with E-state index in [4.69, 9.17) is 13.9 Å². The molecule has 3 aromatic heterocycles. The highest BCUT2D eigenvalue weighted by Gasteiger charge is 2.55. The Hall–Kier alpha value is -7.06. The Morgan fingerprint density at radius 2 is 1.81 bits per heavy atom. The van der Waals surface area contributed by atoms with Crippen molar-refractivity contribution in [3.8, 4) is 17.2 Å². The first-order chi connectivity index (χ1) is 36.8. The van der Waals surface area contributed by atoms with Crippen LogP contribution in [0.4, 0.5) is 21.5 Å². The summed E-state index contributed by atoms with van der Waals surface area (Å²) in [6, 6.07) is 25.6. The summed E-state index contributed by atoms with van der Waals surface area (Å²) in [5.74, 6) is 0.678. The van der Waals surface area contributed by atoms with Crippen molar-refractivity contribution in [2.24, 2.45) is 11.3 Å². The number of hydrogen-bond donors (Lipinski definition) is 4. The van der Waals surface area contributed by atoms with Crippen LogP contribution >= 0.6 is 0 Å². The number of benzene rings is 4. The molecule has 2 aliphatic heterocycles. The molecular weight excluding hydrogens is 1000 g/mol. The van der Waals surface area contributed by atoms with Gasteiger partial charge in [0.2, 0.25) is 0 Å². The number of amides is 1. The minimum atomic E-state index is -4.65. The summed E-state index contributed by atoms with van der Waals surface area (Å²) < 4.78 is 62.6. The second kappa shape index (κ2) is 20.4. The number of nitrogens with zero attached hydrogens (tertiary/aromatic N) is 5. The molecule has 1 spiro atoms. The number of nitro groups is 1. The first-order valence-corrected chi connectivity index (χ1v) is 28.0. The van der Waals surface area contributed by atoms with E-state index in [1.165, 1.54) is 53.3 Å². The van der Waals surface area contributed by atoms with Crippen LogP contribution < -0.4 is 24.4 Å². The fourth-order valence-electron chi connectivity index (χ4n) is 12.3. The molecule has 7 aromatic rings. The molecule has 0 bridgehead atoms. The summed E-state index contributed by atoms with van der Waals surface area (Å²) in [5.41, 5.74) is 4.63. The molecule has 1 amide bonds. The van der Waals surface area contributed by atoms with Crippen LogP contribution in [0.2, 0.25) is 0 Å². The monoisotopic (exact) mass is 1070 g/mol. The number of nitrogens with one attached hydrogen (secondary N) is 3. The van der Waals surface area contributed by atoms with Gasteiger partial charge in [-0.25, -0.2) is 22.5 Å². The summed E-state index contributed by atoms with van der Waals surface area (Å²) >= 11 is 0. The number of nitro benzene ring substituents is 1. The summed E-state index contributed by atoms with van der Waals surface area (Å²) in [5, 5.41) is 26.9. The molecule has 2 saturated carbocycles. The number of piperazine rings is 1. The van der Waals surface area contributed by atoms with Gasteiger partial charge in [-0.05, 0) is 129 Å². The van der Waals surface area contributed by atoms with Crippen LogP contribution in [0.3, 0.4) is 0 Å². The zero-order chi connectivity index (χ0) is 54.0. The highest BCUT2D eigenvalue weighted by atomic mass is 32.2. The number of pyridine rings is 1. The number of ether oxygens (including phenoxy) is 2. The van der Waals surface area contributed by atoms with Crippen LogP contribution in [-0.4, -0.2) is 102 Å².